The molecule has 0 saturated carbocycles. The molecule has 0 radical (unpaired) electrons. The third kappa shape index (κ3) is 6.34. The average molecular weight is 383 g/mol. The number of methoxy groups -OCH3 is 1. The van der Waals surface area contributed by atoms with E-state index < -0.39 is 0 Å². The molecule has 2 N–H and O–H groups in total. The smallest absolute Gasteiger partial charge is 0.315 e. The van der Waals surface area contributed by atoms with Gasteiger partial charge in [-0.25, -0.2) is 4.79 Å². The molecule has 0 aromatic heterocycles. The second-order valence-electron chi connectivity index (χ2n) is 6.94. The van der Waals surface area contributed by atoms with Gasteiger partial charge in [0.25, 0.3) is 0 Å². The Morgan fingerprint density at radius 1 is 0.964 bits per heavy atom. The van der Waals surface area contributed by atoms with Crippen LogP contribution < -0.4 is 10.6 Å². The summed E-state index contributed by atoms with van der Waals surface area (Å²) < 4.78 is 10.5. The highest BCUT2D eigenvalue weighted by Gasteiger charge is 2.13. The quantitative estimate of drug-likeness (QED) is 0.736. The molecular formula is C22H29N3O3. The van der Waals surface area contributed by atoms with Gasteiger partial charge in [-0.15, -0.1) is 0 Å². The summed E-state index contributed by atoms with van der Waals surface area (Å²) in [7, 11) is 1.68. The van der Waals surface area contributed by atoms with Crippen molar-refractivity contribution in [2.45, 2.75) is 26.2 Å². The number of carbonyl (C=O) groups excluding carboxylic acids is 1. The first kappa shape index (κ1) is 20.3. The van der Waals surface area contributed by atoms with Crippen LogP contribution in [0.2, 0.25) is 0 Å². The maximum absolute atomic E-state index is 12.2. The lowest BCUT2D eigenvalue weighted by molar-refractivity contribution is 0.0341. The highest BCUT2D eigenvalue weighted by molar-refractivity contribution is 5.73. The summed E-state index contributed by atoms with van der Waals surface area (Å²) in [6.07, 6.45) is 0. The van der Waals surface area contributed by atoms with Gasteiger partial charge in [0, 0.05) is 39.8 Å². The monoisotopic (exact) mass is 383 g/mol. The number of carbonyl (C=O) groups is 1. The van der Waals surface area contributed by atoms with Crippen molar-refractivity contribution in [2.24, 2.45) is 0 Å². The minimum absolute atomic E-state index is 0.165. The molecule has 0 spiro atoms. The fraction of sp³-hybridized carbons (Fsp3) is 0.409. The molecule has 28 heavy (non-hydrogen) atoms. The van der Waals surface area contributed by atoms with Gasteiger partial charge >= 0.3 is 6.03 Å². The normalized spacial score (nSPS) is 14.6. The summed E-state index contributed by atoms with van der Waals surface area (Å²) in [5.74, 6) is 0. The number of ether oxygens (including phenoxy) is 2. The van der Waals surface area contributed by atoms with E-state index in [0.29, 0.717) is 19.7 Å². The van der Waals surface area contributed by atoms with Crippen molar-refractivity contribution < 1.29 is 14.3 Å². The Morgan fingerprint density at radius 2 is 1.61 bits per heavy atom. The predicted molar refractivity (Wildman–Crippen MR) is 109 cm³/mol. The van der Waals surface area contributed by atoms with Gasteiger partial charge in [0.05, 0.1) is 19.8 Å². The van der Waals surface area contributed by atoms with Crippen LogP contribution in [-0.4, -0.2) is 44.3 Å². The van der Waals surface area contributed by atoms with Gasteiger partial charge in [-0.2, -0.15) is 0 Å². The van der Waals surface area contributed by atoms with Crippen LogP contribution in [0, 0.1) is 0 Å². The Hall–Kier alpha value is -2.41. The molecule has 0 atom stereocenters. The van der Waals surface area contributed by atoms with E-state index in [4.69, 9.17) is 9.47 Å². The lowest BCUT2D eigenvalue weighted by Crippen LogP contribution is -2.37. The summed E-state index contributed by atoms with van der Waals surface area (Å²) in [6.45, 7) is 5.96. The zero-order valence-corrected chi connectivity index (χ0v) is 16.4. The minimum Gasteiger partial charge on any atom is -0.380 e. The molecule has 2 aromatic carbocycles. The van der Waals surface area contributed by atoms with Crippen LogP contribution >= 0.6 is 0 Å². The van der Waals surface area contributed by atoms with E-state index in [0.717, 1.165) is 49.5 Å². The molecule has 6 heteroatoms. The first-order valence-electron chi connectivity index (χ1n) is 9.70. The van der Waals surface area contributed by atoms with Gasteiger partial charge in [-0.3, -0.25) is 4.90 Å². The van der Waals surface area contributed by atoms with Crippen LogP contribution in [0.25, 0.3) is 0 Å². The maximum atomic E-state index is 12.2. The fourth-order valence-corrected chi connectivity index (χ4v) is 3.22. The molecule has 0 bridgehead atoms. The molecule has 0 unspecified atom stereocenters. The van der Waals surface area contributed by atoms with Gasteiger partial charge in [-0.1, -0.05) is 48.5 Å². The summed E-state index contributed by atoms with van der Waals surface area (Å²) in [6, 6.07) is 16.1. The molecule has 1 saturated heterocycles. The summed E-state index contributed by atoms with van der Waals surface area (Å²) >= 11 is 0. The number of nitrogens with one attached hydrogen (secondary N) is 2. The first-order valence-corrected chi connectivity index (χ1v) is 9.70. The zero-order chi connectivity index (χ0) is 19.6. The van der Waals surface area contributed by atoms with Crippen molar-refractivity contribution in [2.75, 3.05) is 33.4 Å². The molecule has 6 nitrogen and oxygen atoms in total. The molecule has 2 aromatic rings. The highest BCUT2D eigenvalue weighted by Crippen LogP contribution is 2.13. The summed E-state index contributed by atoms with van der Waals surface area (Å²) in [5.41, 5.74) is 4.57. The van der Waals surface area contributed by atoms with Crippen molar-refractivity contribution in [1.82, 2.24) is 15.5 Å². The molecule has 150 valence electrons. The van der Waals surface area contributed by atoms with Crippen molar-refractivity contribution in [3.8, 4) is 0 Å². The number of hydrogen-bond donors (Lipinski definition) is 2. The largest absolute Gasteiger partial charge is 0.380 e. The van der Waals surface area contributed by atoms with Gasteiger partial charge in [0.1, 0.15) is 0 Å². The number of nitrogens with zero attached hydrogens (tertiary/aromatic N) is 1. The van der Waals surface area contributed by atoms with Crippen LogP contribution in [0.1, 0.15) is 22.3 Å². The van der Waals surface area contributed by atoms with Gasteiger partial charge in [0.2, 0.25) is 0 Å². The maximum Gasteiger partial charge on any atom is 0.315 e. The van der Waals surface area contributed by atoms with E-state index in [-0.39, 0.29) is 6.03 Å². The molecule has 1 aliphatic heterocycles. The number of morpholine rings is 1. The van der Waals surface area contributed by atoms with E-state index in [1.807, 2.05) is 36.4 Å². The highest BCUT2D eigenvalue weighted by atomic mass is 16.5. The number of hydrogen-bond acceptors (Lipinski definition) is 4. The second-order valence-corrected chi connectivity index (χ2v) is 6.94. The summed E-state index contributed by atoms with van der Waals surface area (Å²) in [4.78, 5) is 14.6. The summed E-state index contributed by atoms with van der Waals surface area (Å²) in [5, 5.41) is 5.88. The van der Waals surface area contributed by atoms with E-state index in [1.54, 1.807) is 7.11 Å². The number of benzene rings is 2. The van der Waals surface area contributed by atoms with Crippen molar-refractivity contribution in [3.05, 3.63) is 70.8 Å². The van der Waals surface area contributed by atoms with Crippen molar-refractivity contribution >= 4 is 6.03 Å². The van der Waals surface area contributed by atoms with E-state index in [9.17, 15) is 4.79 Å². The van der Waals surface area contributed by atoms with Crippen molar-refractivity contribution in [1.29, 1.82) is 0 Å². The van der Waals surface area contributed by atoms with Crippen LogP contribution in [0.15, 0.2) is 48.5 Å². The molecule has 1 fully saturated rings. The van der Waals surface area contributed by atoms with Crippen LogP contribution in [0.5, 0.6) is 0 Å². The Kier molecular flexibility index (Phi) is 7.84. The topological polar surface area (TPSA) is 62.8 Å². The fourth-order valence-electron chi connectivity index (χ4n) is 3.22. The first-order chi connectivity index (χ1) is 13.7. The predicted octanol–water partition coefficient (Wildman–Crippen LogP) is 2.66. The SMILES string of the molecule is COCc1ccc(CNC(=O)NCc2ccccc2CN2CCOCC2)cc1. The Balaban J connectivity index is 1.46. The van der Waals surface area contributed by atoms with Crippen LogP contribution in [-0.2, 0) is 35.7 Å². The molecule has 0 aliphatic carbocycles. The molecule has 1 heterocycles. The standard InChI is InChI=1S/C22H29N3O3/c1-27-17-19-8-6-18(7-9-19)14-23-22(26)24-15-20-4-2-3-5-21(20)16-25-10-12-28-13-11-25/h2-9H,10-17H2,1H3,(H2,23,24,26). The lowest BCUT2D eigenvalue weighted by atomic mass is 10.1. The second kappa shape index (κ2) is 10.8. The molecular weight excluding hydrogens is 354 g/mol. The Morgan fingerprint density at radius 3 is 2.32 bits per heavy atom. The Bertz CT molecular complexity index is 743. The van der Waals surface area contributed by atoms with Crippen LogP contribution in [0.3, 0.4) is 0 Å². The van der Waals surface area contributed by atoms with Gasteiger partial charge in [0.15, 0.2) is 0 Å². The van der Waals surface area contributed by atoms with Crippen molar-refractivity contribution in [3.63, 3.8) is 0 Å². The van der Waals surface area contributed by atoms with E-state index in [1.165, 1.54) is 5.56 Å². The third-order valence-corrected chi connectivity index (χ3v) is 4.84. The van der Waals surface area contributed by atoms with Crippen LogP contribution in [0.4, 0.5) is 4.79 Å². The van der Waals surface area contributed by atoms with E-state index in [2.05, 4.69) is 27.7 Å². The molecule has 2 amide bonds. The number of rotatable bonds is 8. The third-order valence-electron chi connectivity index (χ3n) is 4.84. The zero-order valence-electron chi connectivity index (χ0n) is 16.4. The van der Waals surface area contributed by atoms with Gasteiger partial charge in [-0.05, 0) is 22.3 Å². The Labute approximate surface area is 166 Å². The molecule has 1 aliphatic rings. The molecule has 3 rings (SSSR count). The minimum atomic E-state index is -0.165. The van der Waals surface area contributed by atoms with E-state index >= 15 is 0 Å². The number of amides is 2. The van der Waals surface area contributed by atoms with Gasteiger partial charge < -0.3 is 20.1 Å². The lowest BCUT2D eigenvalue weighted by Gasteiger charge is -2.27. The average Bonchev–Trinajstić information content (AvgIpc) is 2.73. The number of urea groups is 1.